The molecule has 1 rings (SSSR count). The first-order valence-electron chi connectivity index (χ1n) is 6.89. The van der Waals surface area contributed by atoms with Crippen LogP contribution in [0, 0.1) is 10.1 Å². The van der Waals surface area contributed by atoms with Crippen LogP contribution in [0.2, 0.25) is 0 Å². The second-order valence-corrected chi connectivity index (χ2v) is 4.93. The summed E-state index contributed by atoms with van der Waals surface area (Å²) in [6, 6.07) is 0.435. The van der Waals surface area contributed by atoms with E-state index in [2.05, 4.69) is 15.6 Å². The normalized spacial score (nSPS) is 12.7. The van der Waals surface area contributed by atoms with Crippen molar-refractivity contribution in [3.05, 3.63) is 28.4 Å². The van der Waals surface area contributed by atoms with Crippen molar-refractivity contribution in [1.82, 2.24) is 10.3 Å². The Labute approximate surface area is 136 Å². The minimum Gasteiger partial charge on any atom is -0.480 e. The molecule has 11 nitrogen and oxygen atoms in total. The summed E-state index contributed by atoms with van der Waals surface area (Å²) in [6.45, 7) is 1.46. The van der Waals surface area contributed by atoms with Crippen LogP contribution in [-0.2, 0) is 14.4 Å². The van der Waals surface area contributed by atoms with Gasteiger partial charge in [-0.3, -0.25) is 19.7 Å². The van der Waals surface area contributed by atoms with Crippen LogP contribution in [0.4, 0.5) is 11.5 Å². The van der Waals surface area contributed by atoms with Gasteiger partial charge in [-0.25, -0.2) is 9.78 Å². The number of hydrogen-bond acceptors (Lipinski definition) is 7. The summed E-state index contributed by atoms with van der Waals surface area (Å²) in [5, 5.41) is 24.5. The molecule has 1 aromatic heterocycles. The van der Waals surface area contributed by atoms with Crippen molar-refractivity contribution in [3.8, 4) is 0 Å². The predicted octanol–water partition coefficient (Wildman–Crippen LogP) is -0.375. The molecule has 11 heteroatoms. The molecule has 0 aromatic carbocycles. The van der Waals surface area contributed by atoms with E-state index in [0.29, 0.717) is 0 Å². The average molecular weight is 339 g/mol. The highest BCUT2D eigenvalue weighted by Crippen LogP contribution is 2.12. The van der Waals surface area contributed by atoms with Gasteiger partial charge in [0.05, 0.1) is 4.92 Å². The molecule has 2 unspecified atom stereocenters. The molecule has 5 N–H and O–H groups in total. The smallest absolute Gasteiger partial charge is 0.326 e. The molecule has 1 heterocycles. The lowest BCUT2D eigenvalue weighted by Gasteiger charge is -2.18. The SMILES string of the molecule is CC(Nc1ccc([N+](=O)[O-])cn1)C(=O)NC(CCC(N)=O)C(=O)O. The molecule has 0 spiro atoms. The first-order chi connectivity index (χ1) is 11.2. The van der Waals surface area contributed by atoms with Gasteiger partial charge in [0.15, 0.2) is 0 Å². The van der Waals surface area contributed by atoms with Crippen molar-refractivity contribution in [2.24, 2.45) is 5.73 Å². The lowest BCUT2D eigenvalue weighted by atomic mass is 10.1. The summed E-state index contributed by atoms with van der Waals surface area (Å²) in [5.74, 6) is -2.37. The Bertz CT molecular complexity index is 632. The highest BCUT2D eigenvalue weighted by Gasteiger charge is 2.23. The van der Waals surface area contributed by atoms with Gasteiger partial charge in [-0.2, -0.15) is 0 Å². The van der Waals surface area contributed by atoms with E-state index in [1.165, 1.54) is 19.1 Å². The van der Waals surface area contributed by atoms with E-state index in [9.17, 15) is 24.5 Å². The number of aromatic nitrogens is 1. The fourth-order valence-electron chi connectivity index (χ4n) is 1.71. The maximum absolute atomic E-state index is 12.0. The van der Waals surface area contributed by atoms with Crippen LogP contribution < -0.4 is 16.4 Å². The molecule has 1 aromatic rings. The Balaban J connectivity index is 2.63. The third-order valence-electron chi connectivity index (χ3n) is 3.01. The van der Waals surface area contributed by atoms with Gasteiger partial charge in [0.1, 0.15) is 24.1 Å². The summed E-state index contributed by atoms with van der Waals surface area (Å²) in [4.78, 5) is 47.5. The highest BCUT2D eigenvalue weighted by atomic mass is 16.6. The van der Waals surface area contributed by atoms with E-state index >= 15 is 0 Å². The summed E-state index contributed by atoms with van der Waals surface area (Å²) < 4.78 is 0. The van der Waals surface area contributed by atoms with E-state index in [-0.39, 0.29) is 24.3 Å². The van der Waals surface area contributed by atoms with Gasteiger partial charge in [0.2, 0.25) is 11.8 Å². The van der Waals surface area contributed by atoms with Crippen molar-refractivity contribution in [3.63, 3.8) is 0 Å². The Morgan fingerprint density at radius 3 is 2.54 bits per heavy atom. The number of amides is 2. The first kappa shape index (κ1) is 18.8. The standard InChI is InChI=1S/C13H17N5O6/c1-7(16-11-5-2-8(6-15-11)18(23)24)12(20)17-9(13(21)22)3-4-10(14)19/h2,5-7,9H,3-4H2,1H3,(H2,14,19)(H,15,16)(H,17,20)(H,21,22). The zero-order valence-electron chi connectivity index (χ0n) is 12.8. The molecular formula is C13H17N5O6. The number of hydrogen-bond donors (Lipinski definition) is 4. The van der Waals surface area contributed by atoms with E-state index < -0.39 is 34.8 Å². The van der Waals surface area contributed by atoms with Gasteiger partial charge in [-0.05, 0) is 19.4 Å². The van der Waals surface area contributed by atoms with Gasteiger partial charge in [-0.15, -0.1) is 0 Å². The number of primary amides is 1. The monoisotopic (exact) mass is 339 g/mol. The van der Waals surface area contributed by atoms with Crippen LogP contribution in [0.1, 0.15) is 19.8 Å². The molecule has 24 heavy (non-hydrogen) atoms. The van der Waals surface area contributed by atoms with Gasteiger partial charge in [0.25, 0.3) is 5.69 Å². The molecule has 0 aliphatic heterocycles. The second-order valence-electron chi connectivity index (χ2n) is 4.93. The highest BCUT2D eigenvalue weighted by molar-refractivity contribution is 5.88. The number of carboxylic acid groups (broad SMARTS) is 1. The molecule has 130 valence electrons. The minimum atomic E-state index is -1.29. The van der Waals surface area contributed by atoms with E-state index in [1.54, 1.807) is 0 Å². The quantitative estimate of drug-likeness (QED) is 0.347. The topological polar surface area (TPSA) is 178 Å². The number of aliphatic carboxylic acids is 1. The Kier molecular flexibility index (Phi) is 6.59. The molecule has 0 radical (unpaired) electrons. The van der Waals surface area contributed by atoms with Crippen molar-refractivity contribution >= 4 is 29.3 Å². The molecule has 0 bridgehead atoms. The molecule has 0 aliphatic rings. The second kappa shape index (κ2) is 8.41. The Morgan fingerprint density at radius 1 is 1.42 bits per heavy atom. The van der Waals surface area contributed by atoms with Gasteiger partial charge < -0.3 is 21.5 Å². The fraction of sp³-hybridized carbons (Fsp3) is 0.385. The van der Waals surface area contributed by atoms with Crippen LogP contribution in [0.25, 0.3) is 0 Å². The predicted molar refractivity (Wildman–Crippen MR) is 82.0 cm³/mol. The third-order valence-corrected chi connectivity index (χ3v) is 3.01. The zero-order valence-corrected chi connectivity index (χ0v) is 12.8. The number of carboxylic acids is 1. The fourth-order valence-corrected chi connectivity index (χ4v) is 1.71. The van der Waals surface area contributed by atoms with E-state index in [4.69, 9.17) is 10.8 Å². The van der Waals surface area contributed by atoms with Crippen molar-refractivity contribution in [1.29, 1.82) is 0 Å². The molecule has 2 atom stereocenters. The van der Waals surface area contributed by atoms with Crippen molar-refractivity contribution < 1.29 is 24.4 Å². The molecule has 0 aliphatic carbocycles. The number of nitrogens with one attached hydrogen (secondary N) is 2. The number of carbonyl (C=O) groups is 3. The number of nitrogens with two attached hydrogens (primary N) is 1. The Hall–Kier alpha value is -3.24. The zero-order chi connectivity index (χ0) is 18.3. The summed E-state index contributed by atoms with van der Waals surface area (Å²) in [7, 11) is 0. The van der Waals surface area contributed by atoms with Crippen LogP contribution in [0.3, 0.4) is 0 Å². The molecule has 2 amide bonds. The van der Waals surface area contributed by atoms with Crippen molar-refractivity contribution in [2.45, 2.75) is 31.8 Å². The van der Waals surface area contributed by atoms with Crippen LogP contribution in [-0.4, -0.2) is 44.9 Å². The maximum atomic E-state index is 12.0. The van der Waals surface area contributed by atoms with E-state index in [0.717, 1.165) is 6.20 Å². The van der Waals surface area contributed by atoms with Crippen LogP contribution in [0.15, 0.2) is 18.3 Å². The number of carbonyl (C=O) groups excluding carboxylic acids is 2. The average Bonchev–Trinajstić information content (AvgIpc) is 2.51. The lowest BCUT2D eigenvalue weighted by molar-refractivity contribution is -0.385. The largest absolute Gasteiger partial charge is 0.480 e. The molecule has 0 saturated carbocycles. The minimum absolute atomic E-state index is 0.126. The lowest BCUT2D eigenvalue weighted by Crippen LogP contribution is -2.47. The van der Waals surface area contributed by atoms with Gasteiger partial charge in [0, 0.05) is 12.5 Å². The maximum Gasteiger partial charge on any atom is 0.326 e. The summed E-state index contributed by atoms with van der Waals surface area (Å²) in [5.41, 5.74) is 4.75. The van der Waals surface area contributed by atoms with Crippen LogP contribution >= 0.6 is 0 Å². The molecule has 0 fully saturated rings. The van der Waals surface area contributed by atoms with E-state index in [1.807, 2.05) is 0 Å². The van der Waals surface area contributed by atoms with Gasteiger partial charge in [-0.1, -0.05) is 0 Å². The third kappa shape index (κ3) is 5.87. The Morgan fingerprint density at radius 2 is 2.08 bits per heavy atom. The van der Waals surface area contributed by atoms with Gasteiger partial charge >= 0.3 is 5.97 Å². The van der Waals surface area contributed by atoms with Crippen LogP contribution in [0.5, 0.6) is 0 Å². The van der Waals surface area contributed by atoms with Crippen molar-refractivity contribution in [2.75, 3.05) is 5.32 Å². The first-order valence-corrected chi connectivity index (χ1v) is 6.89. The number of pyridine rings is 1. The molecular weight excluding hydrogens is 322 g/mol. The number of nitrogens with zero attached hydrogens (tertiary/aromatic N) is 2. The summed E-state index contributed by atoms with van der Waals surface area (Å²) in [6.07, 6.45) is 0.724. The summed E-state index contributed by atoms with van der Waals surface area (Å²) >= 11 is 0. The molecule has 0 saturated heterocycles. The number of anilines is 1. The number of nitro groups is 1. The number of rotatable bonds is 9.